The zero-order valence-corrected chi connectivity index (χ0v) is 11.2. The molecule has 0 aromatic heterocycles. The van der Waals surface area contributed by atoms with Gasteiger partial charge >= 0.3 is 5.97 Å². The lowest BCUT2D eigenvalue weighted by Crippen LogP contribution is -2.56. The van der Waals surface area contributed by atoms with Crippen molar-refractivity contribution in [1.82, 2.24) is 0 Å². The van der Waals surface area contributed by atoms with Gasteiger partial charge in [0.1, 0.15) is 0 Å². The molecule has 1 aliphatic rings. The summed E-state index contributed by atoms with van der Waals surface area (Å²) in [6, 6.07) is 4.43. The maximum Gasteiger partial charge on any atom is 0.335 e. The molecule has 2 rings (SSSR count). The lowest BCUT2D eigenvalue weighted by molar-refractivity contribution is -0.123. The standard InChI is InChI=1S/C12H13BrN2O3/c13-8-6-7(10(16)17)2-3-9(8)15-11(18)12(14)4-1-5-12/h2-3,6H,1,4-5,14H2,(H,15,18)(H,16,17). The summed E-state index contributed by atoms with van der Waals surface area (Å²) in [6.07, 6.45) is 2.33. The van der Waals surface area contributed by atoms with Crippen molar-refractivity contribution in [2.45, 2.75) is 24.8 Å². The first-order valence-corrected chi connectivity index (χ1v) is 6.35. The van der Waals surface area contributed by atoms with Crippen LogP contribution in [0.5, 0.6) is 0 Å². The number of nitrogens with two attached hydrogens (primary N) is 1. The van der Waals surface area contributed by atoms with Crippen molar-refractivity contribution < 1.29 is 14.7 Å². The Morgan fingerprint density at radius 3 is 2.50 bits per heavy atom. The Hall–Kier alpha value is -1.40. The number of carbonyl (C=O) groups excluding carboxylic acids is 1. The summed E-state index contributed by atoms with van der Waals surface area (Å²) in [7, 11) is 0. The number of carboxylic acid groups (broad SMARTS) is 1. The molecule has 0 heterocycles. The van der Waals surface area contributed by atoms with E-state index in [4.69, 9.17) is 10.8 Å². The molecule has 96 valence electrons. The van der Waals surface area contributed by atoms with Gasteiger partial charge in [-0.15, -0.1) is 0 Å². The molecule has 0 saturated heterocycles. The Labute approximate surface area is 112 Å². The van der Waals surface area contributed by atoms with Gasteiger partial charge in [0.15, 0.2) is 0 Å². The highest BCUT2D eigenvalue weighted by molar-refractivity contribution is 9.10. The largest absolute Gasteiger partial charge is 0.478 e. The maximum atomic E-state index is 11.9. The highest BCUT2D eigenvalue weighted by Gasteiger charge is 2.40. The van der Waals surface area contributed by atoms with Gasteiger partial charge in [-0.2, -0.15) is 0 Å². The normalized spacial score (nSPS) is 16.8. The minimum Gasteiger partial charge on any atom is -0.478 e. The van der Waals surface area contributed by atoms with Crippen molar-refractivity contribution in [3.8, 4) is 0 Å². The second-order valence-corrected chi connectivity index (χ2v) is 5.32. The summed E-state index contributed by atoms with van der Waals surface area (Å²) in [5.74, 6) is -1.24. The number of carboxylic acids is 1. The van der Waals surface area contributed by atoms with Crippen LogP contribution in [0, 0.1) is 0 Å². The van der Waals surface area contributed by atoms with Crippen LogP contribution < -0.4 is 11.1 Å². The Morgan fingerprint density at radius 1 is 1.39 bits per heavy atom. The van der Waals surface area contributed by atoms with Gasteiger partial charge in [0.05, 0.1) is 16.8 Å². The fraction of sp³-hybridized carbons (Fsp3) is 0.333. The third kappa shape index (κ3) is 2.39. The third-order valence-corrected chi connectivity index (χ3v) is 3.82. The topological polar surface area (TPSA) is 92.4 Å². The summed E-state index contributed by atoms with van der Waals surface area (Å²) in [5.41, 5.74) is 5.82. The van der Waals surface area contributed by atoms with Gasteiger partial charge in [0.25, 0.3) is 0 Å². The van der Waals surface area contributed by atoms with Crippen LogP contribution in [0.3, 0.4) is 0 Å². The number of hydrogen-bond acceptors (Lipinski definition) is 3. The predicted molar refractivity (Wildman–Crippen MR) is 70.5 cm³/mol. The van der Waals surface area contributed by atoms with Crippen LogP contribution in [-0.2, 0) is 4.79 Å². The van der Waals surface area contributed by atoms with E-state index in [0.717, 1.165) is 6.42 Å². The molecule has 1 aliphatic carbocycles. The van der Waals surface area contributed by atoms with Crippen molar-refractivity contribution in [3.05, 3.63) is 28.2 Å². The molecule has 0 unspecified atom stereocenters. The fourth-order valence-electron chi connectivity index (χ4n) is 1.78. The molecule has 1 fully saturated rings. The van der Waals surface area contributed by atoms with Gasteiger partial charge in [-0.3, -0.25) is 4.79 Å². The maximum absolute atomic E-state index is 11.9. The minimum atomic E-state index is -1.01. The van der Waals surface area contributed by atoms with Crippen molar-refractivity contribution >= 4 is 33.5 Å². The summed E-state index contributed by atoms with van der Waals surface area (Å²) in [6.45, 7) is 0. The quantitative estimate of drug-likeness (QED) is 0.795. The Kier molecular flexibility index (Phi) is 3.41. The molecule has 4 N–H and O–H groups in total. The Balaban J connectivity index is 2.15. The average molecular weight is 313 g/mol. The number of anilines is 1. The van der Waals surface area contributed by atoms with E-state index in [-0.39, 0.29) is 11.5 Å². The number of aromatic carboxylic acids is 1. The van der Waals surface area contributed by atoms with Gasteiger partial charge in [-0.05, 0) is 53.4 Å². The van der Waals surface area contributed by atoms with Crippen molar-refractivity contribution in [2.75, 3.05) is 5.32 Å². The predicted octanol–water partition coefficient (Wildman–Crippen LogP) is 1.97. The molecular weight excluding hydrogens is 300 g/mol. The second-order valence-electron chi connectivity index (χ2n) is 4.46. The number of hydrogen-bond donors (Lipinski definition) is 3. The fourth-order valence-corrected chi connectivity index (χ4v) is 2.26. The van der Waals surface area contributed by atoms with Crippen LogP contribution in [0.1, 0.15) is 29.6 Å². The number of carbonyl (C=O) groups is 2. The first-order chi connectivity index (χ1) is 8.42. The second kappa shape index (κ2) is 4.70. The highest BCUT2D eigenvalue weighted by Crippen LogP contribution is 2.31. The van der Waals surface area contributed by atoms with Gasteiger partial charge in [0.2, 0.25) is 5.91 Å². The van der Waals surface area contributed by atoms with Crippen LogP contribution >= 0.6 is 15.9 Å². The van der Waals surface area contributed by atoms with Gasteiger partial charge < -0.3 is 16.2 Å². The van der Waals surface area contributed by atoms with E-state index in [0.29, 0.717) is 23.0 Å². The third-order valence-electron chi connectivity index (χ3n) is 3.16. The van der Waals surface area contributed by atoms with Gasteiger partial charge in [0, 0.05) is 4.47 Å². The van der Waals surface area contributed by atoms with Gasteiger partial charge in [-0.25, -0.2) is 4.79 Å². The molecule has 1 saturated carbocycles. The first-order valence-electron chi connectivity index (χ1n) is 5.55. The van der Waals surface area contributed by atoms with Crippen LogP contribution in [0.2, 0.25) is 0 Å². The van der Waals surface area contributed by atoms with Crippen LogP contribution in [-0.4, -0.2) is 22.5 Å². The molecule has 1 amide bonds. The lowest BCUT2D eigenvalue weighted by atomic mass is 9.77. The number of benzene rings is 1. The summed E-state index contributed by atoms with van der Waals surface area (Å²) < 4.78 is 0.527. The van der Waals surface area contributed by atoms with Crippen molar-refractivity contribution in [2.24, 2.45) is 5.73 Å². The van der Waals surface area contributed by atoms with E-state index in [1.807, 2.05) is 0 Å². The zero-order valence-electron chi connectivity index (χ0n) is 9.57. The molecular formula is C12H13BrN2O3. The number of amides is 1. The van der Waals surface area contributed by atoms with E-state index in [1.165, 1.54) is 12.1 Å². The molecule has 18 heavy (non-hydrogen) atoms. The molecule has 6 heteroatoms. The van der Waals surface area contributed by atoms with E-state index in [1.54, 1.807) is 6.07 Å². The smallest absolute Gasteiger partial charge is 0.335 e. The molecule has 0 atom stereocenters. The van der Waals surface area contributed by atoms with Gasteiger partial charge in [-0.1, -0.05) is 0 Å². The number of halogens is 1. The lowest BCUT2D eigenvalue weighted by Gasteiger charge is -2.36. The van der Waals surface area contributed by atoms with E-state index >= 15 is 0 Å². The van der Waals surface area contributed by atoms with Crippen molar-refractivity contribution in [1.29, 1.82) is 0 Å². The van der Waals surface area contributed by atoms with Crippen LogP contribution in [0.25, 0.3) is 0 Å². The molecule has 1 aromatic rings. The molecule has 0 bridgehead atoms. The van der Waals surface area contributed by atoms with E-state index in [9.17, 15) is 9.59 Å². The summed E-state index contributed by atoms with van der Waals surface area (Å²) in [5, 5.41) is 11.5. The minimum absolute atomic E-state index is 0.158. The molecule has 1 aromatic carbocycles. The average Bonchev–Trinajstić information content (AvgIpc) is 2.28. The number of rotatable bonds is 3. The summed E-state index contributed by atoms with van der Waals surface area (Å²) >= 11 is 3.23. The number of nitrogens with one attached hydrogen (secondary N) is 1. The van der Waals surface area contributed by atoms with E-state index < -0.39 is 11.5 Å². The molecule has 0 spiro atoms. The van der Waals surface area contributed by atoms with Crippen LogP contribution in [0.15, 0.2) is 22.7 Å². The van der Waals surface area contributed by atoms with Crippen LogP contribution in [0.4, 0.5) is 5.69 Å². The molecule has 5 nitrogen and oxygen atoms in total. The SMILES string of the molecule is NC1(C(=O)Nc2ccc(C(=O)O)cc2Br)CCC1. The van der Waals surface area contributed by atoms with E-state index in [2.05, 4.69) is 21.2 Å². The highest BCUT2D eigenvalue weighted by atomic mass is 79.9. The monoisotopic (exact) mass is 312 g/mol. The van der Waals surface area contributed by atoms with Crippen molar-refractivity contribution in [3.63, 3.8) is 0 Å². The zero-order chi connectivity index (χ0) is 13.3. The first kappa shape index (κ1) is 13.0. The Bertz CT molecular complexity index is 512. The molecule has 0 aliphatic heterocycles. The summed E-state index contributed by atoms with van der Waals surface area (Å²) in [4.78, 5) is 22.7. The molecule has 0 radical (unpaired) electrons. The Morgan fingerprint density at radius 2 is 2.06 bits per heavy atom.